The summed E-state index contributed by atoms with van der Waals surface area (Å²) < 4.78 is 10.6. The van der Waals surface area contributed by atoms with Gasteiger partial charge in [0.05, 0.1) is 32.3 Å². The number of ether oxygens (including phenoxy) is 2. The maximum absolute atomic E-state index is 12.9. The van der Waals surface area contributed by atoms with Gasteiger partial charge in [0, 0.05) is 28.8 Å². The highest BCUT2D eigenvalue weighted by Crippen LogP contribution is 2.43. The molecule has 1 fully saturated rings. The molecule has 1 atom stereocenters. The Labute approximate surface area is 183 Å². The number of carboxylic acid groups (broad SMARTS) is 1. The second-order valence-corrected chi connectivity index (χ2v) is 7.19. The molecule has 1 amide bonds. The Morgan fingerprint density at radius 3 is 2.32 bits per heavy atom. The van der Waals surface area contributed by atoms with Crippen LogP contribution in [0.3, 0.4) is 0 Å². The summed E-state index contributed by atoms with van der Waals surface area (Å²) in [5.74, 6) is -2.54. The van der Waals surface area contributed by atoms with E-state index < -0.39 is 29.5 Å². The number of aliphatic hydroxyl groups is 1. The lowest BCUT2D eigenvalue weighted by atomic mass is 9.94. The van der Waals surface area contributed by atoms with E-state index in [-0.39, 0.29) is 24.1 Å². The molecule has 3 rings (SSSR count). The first-order chi connectivity index (χ1) is 14.8. The lowest BCUT2D eigenvalue weighted by Crippen LogP contribution is -2.32. The predicted octanol–water partition coefficient (Wildman–Crippen LogP) is 3.25. The molecule has 0 aromatic heterocycles. The van der Waals surface area contributed by atoms with Crippen LogP contribution < -0.4 is 9.47 Å². The number of amides is 1. The molecule has 0 aliphatic carbocycles. The average Bonchev–Trinajstić information content (AvgIpc) is 3.01. The van der Waals surface area contributed by atoms with Crippen LogP contribution in [0.5, 0.6) is 11.5 Å². The van der Waals surface area contributed by atoms with Gasteiger partial charge in [-0.15, -0.1) is 0 Å². The largest absolute Gasteiger partial charge is 0.507 e. The second-order valence-electron chi connectivity index (χ2n) is 6.75. The number of Topliss-reactive ketones (excluding diaryl/α,β-unsaturated/α-hetero) is 1. The molecule has 9 heteroatoms. The lowest BCUT2D eigenvalue weighted by Gasteiger charge is -2.26. The molecule has 31 heavy (non-hydrogen) atoms. The monoisotopic (exact) mass is 445 g/mol. The van der Waals surface area contributed by atoms with E-state index in [1.807, 2.05) is 0 Å². The zero-order valence-electron chi connectivity index (χ0n) is 16.8. The predicted molar refractivity (Wildman–Crippen MR) is 112 cm³/mol. The normalized spacial score (nSPS) is 17.6. The van der Waals surface area contributed by atoms with E-state index in [9.17, 15) is 19.5 Å². The number of halogens is 1. The molecule has 8 nitrogen and oxygen atoms in total. The zero-order chi connectivity index (χ0) is 22.7. The first kappa shape index (κ1) is 22.2. The number of methoxy groups -OCH3 is 2. The van der Waals surface area contributed by atoms with Gasteiger partial charge in [-0.2, -0.15) is 0 Å². The number of aliphatic carboxylic acids is 1. The SMILES string of the molecule is COc1ccc([C@@H]2C(=C(O)c3ccc(Cl)cc3)C(=O)C(=O)N2CCC(=O)O)c(OC)c1. The van der Waals surface area contributed by atoms with Gasteiger partial charge in [0.1, 0.15) is 17.3 Å². The standard InChI is InChI=1S/C22H20ClNO7/c1-30-14-7-8-15(16(11-14)31-2)19-18(20(27)12-3-5-13(23)6-4-12)21(28)22(29)24(19)10-9-17(25)26/h3-8,11,19,27H,9-10H2,1-2H3,(H,25,26)/t19-/m1/s1. The molecule has 1 heterocycles. The third-order valence-electron chi connectivity index (χ3n) is 4.96. The summed E-state index contributed by atoms with van der Waals surface area (Å²) in [4.78, 5) is 37.9. The number of hydrogen-bond acceptors (Lipinski definition) is 6. The maximum Gasteiger partial charge on any atom is 0.305 e. The molecule has 2 N–H and O–H groups in total. The smallest absolute Gasteiger partial charge is 0.305 e. The van der Waals surface area contributed by atoms with Gasteiger partial charge in [-0.05, 0) is 36.4 Å². The van der Waals surface area contributed by atoms with Crippen LogP contribution in [0.1, 0.15) is 23.6 Å². The Balaban J connectivity index is 2.21. The number of rotatable bonds is 7. The third-order valence-corrected chi connectivity index (χ3v) is 5.21. The van der Waals surface area contributed by atoms with E-state index in [1.165, 1.54) is 26.4 Å². The van der Waals surface area contributed by atoms with Gasteiger partial charge < -0.3 is 24.6 Å². The molecule has 1 aliphatic heterocycles. The number of carbonyl (C=O) groups is 3. The van der Waals surface area contributed by atoms with Gasteiger partial charge in [0.25, 0.3) is 11.7 Å². The van der Waals surface area contributed by atoms with Gasteiger partial charge in [-0.3, -0.25) is 14.4 Å². The van der Waals surface area contributed by atoms with Gasteiger partial charge in [0.2, 0.25) is 0 Å². The van der Waals surface area contributed by atoms with E-state index in [0.29, 0.717) is 22.1 Å². The topological polar surface area (TPSA) is 113 Å². The fourth-order valence-electron chi connectivity index (χ4n) is 3.46. The highest BCUT2D eigenvalue weighted by Gasteiger charge is 2.47. The number of carbonyl (C=O) groups excluding carboxylic acids is 2. The van der Waals surface area contributed by atoms with E-state index in [1.54, 1.807) is 30.3 Å². The van der Waals surface area contributed by atoms with Crippen LogP contribution >= 0.6 is 11.6 Å². The highest BCUT2D eigenvalue weighted by molar-refractivity contribution is 6.46. The van der Waals surface area contributed by atoms with Crippen LogP contribution in [-0.4, -0.2) is 53.5 Å². The number of carboxylic acids is 1. The van der Waals surface area contributed by atoms with Crippen LogP contribution in [0.15, 0.2) is 48.0 Å². The number of benzene rings is 2. The lowest BCUT2D eigenvalue weighted by molar-refractivity contribution is -0.142. The summed E-state index contributed by atoms with van der Waals surface area (Å²) in [6.07, 6.45) is -0.372. The van der Waals surface area contributed by atoms with Crippen LogP contribution in [0.2, 0.25) is 5.02 Å². The van der Waals surface area contributed by atoms with Crippen molar-refractivity contribution in [1.82, 2.24) is 4.90 Å². The van der Waals surface area contributed by atoms with Gasteiger partial charge in [-0.25, -0.2) is 0 Å². The maximum atomic E-state index is 12.9. The number of ketones is 1. The minimum atomic E-state index is -1.12. The van der Waals surface area contributed by atoms with Crippen LogP contribution in [-0.2, 0) is 14.4 Å². The Morgan fingerprint density at radius 1 is 1.06 bits per heavy atom. The van der Waals surface area contributed by atoms with Gasteiger partial charge >= 0.3 is 5.97 Å². The average molecular weight is 446 g/mol. The first-order valence-corrected chi connectivity index (χ1v) is 9.64. The minimum absolute atomic E-state index is 0.166. The van der Waals surface area contributed by atoms with Crippen molar-refractivity contribution >= 4 is 35.0 Å². The van der Waals surface area contributed by atoms with Crippen molar-refractivity contribution in [2.24, 2.45) is 0 Å². The van der Waals surface area contributed by atoms with Gasteiger partial charge in [0.15, 0.2) is 0 Å². The Kier molecular flexibility index (Phi) is 6.50. The summed E-state index contributed by atoms with van der Waals surface area (Å²) in [7, 11) is 2.90. The Bertz CT molecular complexity index is 1060. The van der Waals surface area contributed by atoms with Crippen molar-refractivity contribution in [3.8, 4) is 11.5 Å². The van der Waals surface area contributed by atoms with Crippen LogP contribution in [0, 0.1) is 0 Å². The fraction of sp³-hybridized carbons (Fsp3) is 0.227. The van der Waals surface area contributed by atoms with Gasteiger partial charge in [-0.1, -0.05) is 11.6 Å². The molecular weight excluding hydrogens is 426 g/mol. The summed E-state index contributed by atoms with van der Waals surface area (Å²) >= 11 is 5.90. The summed E-state index contributed by atoms with van der Waals surface area (Å²) in [5, 5.41) is 20.5. The van der Waals surface area contributed by atoms with E-state index in [2.05, 4.69) is 0 Å². The number of aliphatic hydroxyl groups excluding tert-OH is 1. The Morgan fingerprint density at radius 2 is 1.74 bits per heavy atom. The molecule has 2 aromatic carbocycles. The molecule has 0 unspecified atom stereocenters. The zero-order valence-corrected chi connectivity index (χ0v) is 17.5. The Hall–Kier alpha value is -3.52. The molecule has 1 aliphatic rings. The molecule has 162 valence electrons. The van der Waals surface area contributed by atoms with Crippen molar-refractivity contribution in [3.05, 3.63) is 64.2 Å². The number of likely N-dealkylation sites (tertiary alicyclic amines) is 1. The minimum Gasteiger partial charge on any atom is -0.507 e. The van der Waals surface area contributed by atoms with Crippen LogP contribution in [0.4, 0.5) is 0 Å². The molecule has 2 aromatic rings. The number of hydrogen-bond donors (Lipinski definition) is 2. The van der Waals surface area contributed by atoms with Crippen LogP contribution in [0.25, 0.3) is 5.76 Å². The van der Waals surface area contributed by atoms with Crippen molar-refractivity contribution in [1.29, 1.82) is 0 Å². The highest BCUT2D eigenvalue weighted by atomic mass is 35.5. The fourth-order valence-corrected chi connectivity index (χ4v) is 3.58. The summed E-state index contributed by atoms with van der Waals surface area (Å²) in [6, 6.07) is 9.88. The summed E-state index contributed by atoms with van der Waals surface area (Å²) in [6.45, 7) is -0.225. The molecular formula is C22H20ClNO7. The van der Waals surface area contributed by atoms with E-state index in [4.69, 9.17) is 26.2 Å². The molecule has 0 bridgehead atoms. The molecule has 0 spiro atoms. The first-order valence-electron chi connectivity index (χ1n) is 9.26. The molecule has 0 saturated carbocycles. The second kappa shape index (κ2) is 9.09. The van der Waals surface area contributed by atoms with E-state index in [0.717, 1.165) is 4.90 Å². The van der Waals surface area contributed by atoms with Crippen molar-refractivity contribution in [3.63, 3.8) is 0 Å². The van der Waals surface area contributed by atoms with Crippen molar-refractivity contribution < 1.29 is 34.1 Å². The summed E-state index contributed by atoms with van der Waals surface area (Å²) in [5.41, 5.74) is 0.530. The third kappa shape index (κ3) is 4.34. The van der Waals surface area contributed by atoms with Crippen molar-refractivity contribution in [2.75, 3.05) is 20.8 Å². The molecule has 1 saturated heterocycles. The van der Waals surface area contributed by atoms with E-state index >= 15 is 0 Å². The quantitative estimate of drug-likeness (QED) is 0.382. The number of nitrogens with zero attached hydrogens (tertiary/aromatic N) is 1. The molecule has 0 radical (unpaired) electrons. The van der Waals surface area contributed by atoms with Crippen molar-refractivity contribution in [2.45, 2.75) is 12.5 Å².